The zero-order valence-electron chi connectivity index (χ0n) is 12.1. The second-order valence-corrected chi connectivity index (χ2v) is 5.78. The standard InChI is InChI=1S/C18H13Cl2NO2/c19-14-7-6-13(10-15(14)20)16-8-9-17(23-16)18(22)21-11-12-4-2-1-3-5-12/h1-10H,11H2,(H,21,22). The number of furan rings is 1. The third-order valence-electron chi connectivity index (χ3n) is 3.33. The normalized spacial score (nSPS) is 10.5. The van der Waals surface area contributed by atoms with Crippen LogP contribution in [-0.4, -0.2) is 5.91 Å². The number of carbonyl (C=O) groups is 1. The van der Waals surface area contributed by atoms with E-state index in [9.17, 15) is 4.79 Å². The van der Waals surface area contributed by atoms with Gasteiger partial charge >= 0.3 is 0 Å². The molecule has 0 aliphatic rings. The van der Waals surface area contributed by atoms with Crippen molar-refractivity contribution in [2.45, 2.75) is 6.54 Å². The Balaban J connectivity index is 1.71. The number of halogens is 2. The minimum absolute atomic E-state index is 0.252. The van der Waals surface area contributed by atoms with Crippen LogP contribution in [0.1, 0.15) is 16.1 Å². The van der Waals surface area contributed by atoms with Crippen LogP contribution in [0.15, 0.2) is 65.1 Å². The van der Waals surface area contributed by atoms with Crippen LogP contribution < -0.4 is 5.32 Å². The molecule has 1 amide bonds. The lowest BCUT2D eigenvalue weighted by molar-refractivity contribution is 0.0924. The summed E-state index contributed by atoms with van der Waals surface area (Å²) in [6.45, 7) is 0.447. The van der Waals surface area contributed by atoms with Crippen molar-refractivity contribution in [3.05, 3.63) is 82.0 Å². The number of hydrogen-bond acceptors (Lipinski definition) is 2. The Kier molecular flexibility index (Phi) is 4.70. The molecule has 0 bridgehead atoms. The van der Waals surface area contributed by atoms with E-state index in [0.29, 0.717) is 22.4 Å². The van der Waals surface area contributed by atoms with Gasteiger partial charge in [0.25, 0.3) is 5.91 Å². The van der Waals surface area contributed by atoms with Crippen molar-refractivity contribution < 1.29 is 9.21 Å². The van der Waals surface area contributed by atoms with E-state index in [4.69, 9.17) is 27.6 Å². The van der Waals surface area contributed by atoms with Gasteiger partial charge in [-0.05, 0) is 35.9 Å². The van der Waals surface area contributed by atoms with Gasteiger partial charge in [-0.25, -0.2) is 0 Å². The highest BCUT2D eigenvalue weighted by atomic mass is 35.5. The predicted molar refractivity (Wildman–Crippen MR) is 91.8 cm³/mol. The molecule has 0 radical (unpaired) electrons. The van der Waals surface area contributed by atoms with Gasteiger partial charge in [0.15, 0.2) is 5.76 Å². The number of carbonyl (C=O) groups excluding carboxylic acids is 1. The zero-order valence-corrected chi connectivity index (χ0v) is 13.6. The number of hydrogen-bond donors (Lipinski definition) is 1. The van der Waals surface area contributed by atoms with Crippen LogP contribution in [0.5, 0.6) is 0 Å². The second kappa shape index (κ2) is 6.90. The van der Waals surface area contributed by atoms with Crippen LogP contribution in [0.25, 0.3) is 11.3 Å². The summed E-state index contributed by atoms with van der Waals surface area (Å²) in [4.78, 5) is 12.1. The van der Waals surface area contributed by atoms with E-state index in [-0.39, 0.29) is 11.7 Å². The van der Waals surface area contributed by atoms with Gasteiger partial charge in [0.1, 0.15) is 5.76 Å². The Morgan fingerprint density at radius 3 is 2.48 bits per heavy atom. The molecule has 0 aliphatic heterocycles. The average Bonchev–Trinajstić information content (AvgIpc) is 3.06. The van der Waals surface area contributed by atoms with Crippen molar-refractivity contribution in [2.24, 2.45) is 0 Å². The average molecular weight is 346 g/mol. The van der Waals surface area contributed by atoms with Crippen LogP contribution in [0, 0.1) is 0 Å². The van der Waals surface area contributed by atoms with Gasteiger partial charge < -0.3 is 9.73 Å². The van der Waals surface area contributed by atoms with Crippen LogP contribution in [0.4, 0.5) is 0 Å². The maximum Gasteiger partial charge on any atom is 0.287 e. The van der Waals surface area contributed by atoms with Crippen molar-refractivity contribution in [3.8, 4) is 11.3 Å². The fourth-order valence-corrected chi connectivity index (χ4v) is 2.43. The summed E-state index contributed by atoms with van der Waals surface area (Å²) < 4.78 is 5.60. The Morgan fingerprint density at radius 2 is 1.74 bits per heavy atom. The Bertz CT molecular complexity index is 828. The molecule has 5 heteroatoms. The van der Waals surface area contributed by atoms with Gasteiger partial charge in [-0.3, -0.25) is 4.79 Å². The van der Waals surface area contributed by atoms with Gasteiger partial charge in [0, 0.05) is 12.1 Å². The molecule has 1 N–H and O–H groups in total. The highest BCUT2D eigenvalue weighted by Crippen LogP contribution is 2.29. The fourth-order valence-electron chi connectivity index (χ4n) is 2.13. The molecule has 3 rings (SSSR count). The topological polar surface area (TPSA) is 42.2 Å². The number of rotatable bonds is 4. The highest BCUT2D eigenvalue weighted by Gasteiger charge is 2.12. The van der Waals surface area contributed by atoms with E-state index in [1.54, 1.807) is 30.3 Å². The Hall–Kier alpha value is -2.23. The van der Waals surface area contributed by atoms with E-state index in [1.165, 1.54) is 0 Å². The summed E-state index contributed by atoms with van der Waals surface area (Å²) in [6.07, 6.45) is 0. The lowest BCUT2D eigenvalue weighted by atomic mass is 10.2. The van der Waals surface area contributed by atoms with Crippen molar-refractivity contribution in [2.75, 3.05) is 0 Å². The van der Waals surface area contributed by atoms with Gasteiger partial charge in [-0.1, -0.05) is 53.5 Å². The largest absolute Gasteiger partial charge is 0.451 e. The summed E-state index contributed by atoms with van der Waals surface area (Å²) in [5.74, 6) is 0.551. The minimum atomic E-state index is -0.264. The first-order valence-corrected chi connectivity index (χ1v) is 7.76. The van der Waals surface area contributed by atoms with Gasteiger partial charge in [0.2, 0.25) is 0 Å². The molecular weight excluding hydrogens is 333 g/mol. The molecule has 0 spiro atoms. The molecule has 1 heterocycles. The second-order valence-electron chi connectivity index (χ2n) is 4.96. The quantitative estimate of drug-likeness (QED) is 0.707. The third kappa shape index (κ3) is 3.76. The molecule has 0 unspecified atom stereocenters. The first kappa shape index (κ1) is 15.7. The third-order valence-corrected chi connectivity index (χ3v) is 4.07. The van der Waals surface area contributed by atoms with Gasteiger partial charge in [-0.2, -0.15) is 0 Å². The molecule has 116 valence electrons. The molecule has 3 nitrogen and oxygen atoms in total. The first-order chi connectivity index (χ1) is 11.1. The van der Waals surface area contributed by atoms with E-state index < -0.39 is 0 Å². The molecule has 2 aromatic carbocycles. The van der Waals surface area contributed by atoms with E-state index in [0.717, 1.165) is 11.1 Å². The van der Waals surface area contributed by atoms with Gasteiger partial charge in [0.05, 0.1) is 10.0 Å². The number of benzene rings is 2. The number of nitrogens with one attached hydrogen (secondary N) is 1. The van der Waals surface area contributed by atoms with Gasteiger partial charge in [-0.15, -0.1) is 0 Å². The van der Waals surface area contributed by atoms with Crippen LogP contribution in [0.3, 0.4) is 0 Å². The molecule has 0 saturated heterocycles. The minimum Gasteiger partial charge on any atom is -0.451 e. The lowest BCUT2D eigenvalue weighted by Crippen LogP contribution is -2.22. The molecule has 0 atom stereocenters. The summed E-state index contributed by atoms with van der Waals surface area (Å²) in [7, 11) is 0. The number of amides is 1. The maximum atomic E-state index is 12.1. The van der Waals surface area contributed by atoms with E-state index in [1.807, 2.05) is 30.3 Å². The van der Waals surface area contributed by atoms with Crippen molar-refractivity contribution >= 4 is 29.1 Å². The van der Waals surface area contributed by atoms with E-state index in [2.05, 4.69) is 5.32 Å². The van der Waals surface area contributed by atoms with Crippen molar-refractivity contribution in [3.63, 3.8) is 0 Å². The van der Waals surface area contributed by atoms with Crippen LogP contribution in [-0.2, 0) is 6.54 Å². The van der Waals surface area contributed by atoms with Crippen molar-refractivity contribution in [1.29, 1.82) is 0 Å². The summed E-state index contributed by atoms with van der Waals surface area (Å²) in [5.41, 5.74) is 1.79. The predicted octanol–water partition coefficient (Wildman–Crippen LogP) is 5.18. The Morgan fingerprint density at radius 1 is 0.957 bits per heavy atom. The smallest absolute Gasteiger partial charge is 0.287 e. The SMILES string of the molecule is O=C(NCc1ccccc1)c1ccc(-c2ccc(Cl)c(Cl)c2)o1. The first-order valence-electron chi connectivity index (χ1n) is 7.01. The fraction of sp³-hybridized carbons (Fsp3) is 0.0556. The van der Waals surface area contributed by atoms with Crippen LogP contribution >= 0.6 is 23.2 Å². The van der Waals surface area contributed by atoms with Crippen molar-refractivity contribution in [1.82, 2.24) is 5.32 Å². The summed E-state index contributed by atoms with van der Waals surface area (Å²) >= 11 is 11.9. The molecule has 1 aromatic heterocycles. The summed E-state index contributed by atoms with van der Waals surface area (Å²) in [5, 5.41) is 3.74. The molecule has 23 heavy (non-hydrogen) atoms. The molecule has 0 aliphatic carbocycles. The van der Waals surface area contributed by atoms with Crippen LogP contribution in [0.2, 0.25) is 10.0 Å². The molecular formula is C18H13Cl2NO2. The molecule has 3 aromatic rings. The lowest BCUT2D eigenvalue weighted by Gasteiger charge is -2.03. The zero-order chi connectivity index (χ0) is 16.2. The Labute approximate surface area is 143 Å². The highest BCUT2D eigenvalue weighted by molar-refractivity contribution is 6.42. The molecule has 0 saturated carbocycles. The summed E-state index contributed by atoms with van der Waals surface area (Å²) in [6, 6.07) is 18.2. The molecule has 0 fully saturated rings. The maximum absolute atomic E-state index is 12.1. The van der Waals surface area contributed by atoms with E-state index >= 15 is 0 Å². The monoisotopic (exact) mass is 345 g/mol.